The molecule has 0 fully saturated rings. The minimum Gasteiger partial charge on any atom is -0.478 e. The molecule has 0 radical (unpaired) electrons. The molecule has 1 atom stereocenters. The van der Waals surface area contributed by atoms with Crippen molar-refractivity contribution in [2.75, 3.05) is 0 Å². The van der Waals surface area contributed by atoms with E-state index in [1.54, 1.807) is 6.07 Å². The lowest BCUT2D eigenvalue weighted by atomic mass is 9.77. The number of carboxylic acids is 1. The highest BCUT2D eigenvalue weighted by Gasteiger charge is 2.25. The molecule has 0 saturated carbocycles. The Kier molecular flexibility index (Phi) is 3.61. The average Bonchev–Trinajstić information content (AvgIpc) is 2.50. The van der Waals surface area contributed by atoms with Crippen LogP contribution in [0, 0.1) is 5.92 Å². The van der Waals surface area contributed by atoms with Gasteiger partial charge >= 0.3 is 5.97 Å². The van der Waals surface area contributed by atoms with Gasteiger partial charge in [-0.2, -0.15) is 0 Å². The number of benzene rings is 2. The first-order valence-electron chi connectivity index (χ1n) is 7.29. The molecule has 0 aliphatic heterocycles. The fraction of sp³-hybridized carbons (Fsp3) is 0.211. The minimum absolute atomic E-state index is 0.373. The van der Waals surface area contributed by atoms with Crippen molar-refractivity contribution >= 4 is 17.6 Å². The molecular formula is C19H18O2. The van der Waals surface area contributed by atoms with E-state index in [1.807, 2.05) is 30.3 Å². The maximum atomic E-state index is 11.6. The Balaban J connectivity index is 2.19. The lowest BCUT2D eigenvalue weighted by Gasteiger charge is -2.26. The number of allylic oxidation sites excluding steroid dienone is 1. The minimum atomic E-state index is -0.847. The molecule has 1 aliphatic rings. The fourth-order valence-electron chi connectivity index (χ4n) is 3.04. The molecule has 0 saturated heterocycles. The molecule has 0 aromatic heterocycles. The van der Waals surface area contributed by atoms with E-state index in [0.29, 0.717) is 11.5 Å². The second kappa shape index (κ2) is 5.57. The van der Waals surface area contributed by atoms with E-state index in [0.717, 1.165) is 35.1 Å². The SMILES string of the molecule is CC1CCc2cccc(C(=O)O)c2/C1=C/c1ccccc1. The van der Waals surface area contributed by atoms with Crippen LogP contribution in [0.1, 0.15) is 40.4 Å². The Labute approximate surface area is 124 Å². The van der Waals surface area contributed by atoms with Crippen molar-refractivity contribution in [2.24, 2.45) is 5.92 Å². The van der Waals surface area contributed by atoms with E-state index in [-0.39, 0.29) is 0 Å². The summed E-state index contributed by atoms with van der Waals surface area (Å²) in [5.74, 6) is -0.474. The van der Waals surface area contributed by atoms with Gasteiger partial charge < -0.3 is 5.11 Å². The Morgan fingerprint density at radius 1 is 1.14 bits per heavy atom. The van der Waals surface area contributed by atoms with Crippen LogP contribution in [-0.2, 0) is 6.42 Å². The molecule has 1 unspecified atom stereocenters. The predicted molar refractivity (Wildman–Crippen MR) is 85.2 cm³/mol. The number of hydrogen-bond acceptors (Lipinski definition) is 1. The van der Waals surface area contributed by atoms with Crippen molar-refractivity contribution in [3.8, 4) is 0 Å². The summed E-state index contributed by atoms with van der Waals surface area (Å²) in [6.07, 6.45) is 4.15. The molecule has 1 aliphatic carbocycles. The van der Waals surface area contributed by atoms with E-state index in [4.69, 9.17) is 0 Å². The number of carboxylic acid groups (broad SMARTS) is 1. The maximum absolute atomic E-state index is 11.6. The molecule has 2 nitrogen and oxygen atoms in total. The van der Waals surface area contributed by atoms with E-state index < -0.39 is 5.97 Å². The van der Waals surface area contributed by atoms with Crippen molar-refractivity contribution in [1.29, 1.82) is 0 Å². The number of fused-ring (bicyclic) bond motifs is 1. The molecular weight excluding hydrogens is 260 g/mol. The standard InChI is InChI=1S/C19H18O2/c1-13-10-11-15-8-5-9-16(19(20)21)18(15)17(13)12-14-6-3-2-4-7-14/h2-9,12-13H,10-11H2,1H3,(H,20,21)/b17-12+. The van der Waals surface area contributed by atoms with Crippen LogP contribution < -0.4 is 0 Å². The van der Waals surface area contributed by atoms with Gasteiger partial charge in [0.25, 0.3) is 0 Å². The summed E-state index contributed by atoms with van der Waals surface area (Å²) in [4.78, 5) is 11.6. The number of aryl methyl sites for hydroxylation is 1. The molecule has 0 amide bonds. The van der Waals surface area contributed by atoms with Crippen molar-refractivity contribution in [3.63, 3.8) is 0 Å². The van der Waals surface area contributed by atoms with Gasteiger partial charge in [0.15, 0.2) is 0 Å². The van der Waals surface area contributed by atoms with Crippen LogP contribution in [0.3, 0.4) is 0 Å². The van der Waals surface area contributed by atoms with Crippen LogP contribution in [0.2, 0.25) is 0 Å². The molecule has 21 heavy (non-hydrogen) atoms. The van der Waals surface area contributed by atoms with Crippen LogP contribution >= 0.6 is 0 Å². The summed E-state index contributed by atoms with van der Waals surface area (Å²) in [7, 11) is 0. The first-order chi connectivity index (χ1) is 10.2. The summed E-state index contributed by atoms with van der Waals surface area (Å²) in [6, 6.07) is 15.7. The largest absolute Gasteiger partial charge is 0.478 e. The summed E-state index contributed by atoms with van der Waals surface area (Å²) < 4.78 is 0. The zero-order chi connectivity index (χ0) is 14.8. The van der Waals surface area contributed by atoms with Gasteiger partial charge in [0.1, 0.15) is 0 Å². The van der Waals surface area contributed by atoms with Gasteiger partial charge in [-0.1, -0.05) is 55.5 Å². The molecule has 2 aromatic rings. The summed E-state index contributed by atoms with van der Waals surface area (Å²) in [5, 5.41) is 9.48. The van der Waals surface area contributed by atoms with Gasteiger partial charge in [-0.3, -0.25) is 0 Å². The number of hydrogen-bond donors (Lipinski definition) is 1. The van der Waals surface area contributed by atoms with E-state index in [1.165, 1.54) is 0 Å². The number of carbonyl (C=O) groups is 1. The van der Waals surface area contributed by atoms with E-state index >= 15 is 0 Å². The first-order valence-corrected chi connectivity index (χ1v) is 7.29. The highest BCUT2D eigenvalue weighted by atomic mass is 16.4. The fourth-order valence-corrected chi connectivity index (χ4v) is 3.04. The van der Waals surface area contributed by atoms with Gasteiger partial charge in [-0.25, -0.2) is 4.79 Å². The Bertz CT molecular complexity index is 699. The van der Waals surface area contributed by atoms with Crippen LogP contribution in [0.15, 0.2) is 48.5 Å². The van der Waals surface area contributed by atoms with Gasteiger partial charge in [0, 0.05) is 0 Å². The molecule has 0 bridgehead atoms. The normalized spacial score (nSPS) is 19.3. The summed E-state index contributed by atoms with van der Waals surface area (Å²) >= 11 is 0. The molecule has 3 rings (SSSR count). The highest BCUT2D eigenvalue weighted by molar-refractivity contribution is 5.98. The van der Waals surface area contributed by atoms with Gasteiger partial charge in [-0.05, 0) is 47.1 Å². The van der Waals surface area contributed by atoms with Crippen LogP contribution in [0.25, 0.3) is 11.6 Å². The average molecular weight is 278 g/mol. The van der Waals surface area contributed by atoms with Crippen LogP contribution in [0.4, 0.5) is 0 Å². The third-order valence-electron chi connectivity index (χ3n) is 4.17. The van der Waals surface area contributed by atoms with Crippen molar-refractivity contribution in [2.45, 2.75) is 19.8 Å². The Hall–Kier alpha value is -2.35. The Morgan fingerprint density at radius 3 is 2.62 bits per heavy atom. The van der Waals surface area contributed by atoms with E-state index in [9.17, 15) is 9.90 Å². The molecule has 2 heteroatoms. The van der Waals surface area contributed by atoms with Gasteiger partial charge in [-0.15, -0.1) is 0 Å². The maximum Gasteiger partial charge on any atom is 0.336 e. The topological polar surface area (TPSA) is 37.3 Å². The molecule has 2 aromatic carbocycles. The molecule has 106 valence electrons. The van der Waals surface area contributed by atoms with Crippen molar-refractivity contribution in [3.05, 3.63) is 70.8 Å². The molecule has 1 N–H and O–H groups in total. The second-order valence-corrected chi connectivity index (χ2v) is 5.59. The lowest BCUT2D eigenvalue weighted by Crippen LogP contribution is -2.15. The second-order valence-electron chi connectivity index (χ2n) is 5.59. The quantitative estimate of drug-likeness (QED) is 0.877. The highest BCUT2D eigenvalue weighted by Crippen LogP contribution is 2.38. The molecule has 0 heterocycles. The van der Waals surface area contributed by atoms with Gasteiger partial charge in [0.2, 0.25) is 0 Å². The zero-order valence-electron chi connectivity index (χ0n) is 12.0. The summed E-state index contributed by atoms with van der Waals surface area (Å²) in [5.41, 5.74) is 4.75. The van der Waals surface area contributed by atoms with Gasteiger partial charge in [0.05, 0.1) is 5.56 Å². The van der Waals surface area contributed by atoms with Crippen molar-refractivity contribution in [1.82, 2.24) is 0 Å². The third-order valence-corrected chi connectivity index (χ3v) is 4.17. The third kappa shape index (κ3) is 2.62. The van der Waals surface area contributed by atoms with Crippen molar-refractivity contribution < 1.29 is 9.90 Å². The monoisotopic (exact) mass is 278 g/mol. The summed E-state index contributed by atoms with van der Waals surface area (Å²) in [6.45, 7) is 2.18. The lowest BCUT2D eigenvalue weighted by molar-refractivity contribution is 0.0696. The molecule has 0 spiro atoms. The smallest absolute Gasteiger partial charge is 0.336 e. The predicted octanol–water partition coefficient (Wildman–Crippen LogP) is 4.51. The Morgan fingerprint density at radius 2 is 1.90 bits per heavy atom. The number of aromatic carboxylic acids is 1. The van der Waals surface area contributed by atoms with Crippen LogP contribution in [-0.4, -0.2) is 11.1 Å². The zero-order valence-corrected chi connectivity index (χ0v) is 12.0. The van der Waals surface area contributed by atoms with E-state index in [2.05, 4.69) is 25.1 Å². The first kappa shape index (κ1) is 13.6. The number of rotatable bonds is 2. The van der Waals surface area contributed by atoms with Crippen LogP contribution in [0.5, 0.6) is 0 Å².